The predicted molar refractivity (Wildman–Crippen MR) is 93.0 cm³/mol. The van der Waals surface area contributed by atoms with Gasteiger partial charge in [-0.15, -0.1) is 12.4 Å². The molecule has 1 N–H and O–H groups in total. The van der Waals surface area contributed by atoms with Gasteiger partial charge in [-0.05, 0) is 49.9 Å². The van der Waals surface area contributed by atoms with Crippen molar-refractivity contribution in [2.45, 2.75) is 26.2 Å². The van der Waals surface area contributed by atoms with Crippen LogP contribution in [0.1, 0.15) is 26.2 Å². The molecule has 0 aliphatic carbocycles. The second-order valence-electron chi connectivity index (χ2n) is 6.06. The Kier molecular flexibility index (Phi) is 7.79. The van der Waals surface area contributed by atoms with Crippen LogP contribution in [-0.4, -0.2) is 33.2 Å². The van der Waals surface area contributed by atoms with Gasteiger partial charge in [0.2, 0.25) is 5.91 Å². The number of rotatable bonds is 5. The van der Waals surface area contributed by atoms with Crippen molar-refractivity contribution >= 4 is 24.0 Å². The molecule has 23 heavy (non-hydrogen) atoms. The number of carbonyl (C=O) groups is 1. The number of carbonyl (C=O) groups excluding carboxylic acids is 1. The summed E-state index contributed by atoms with van der Waals surface area (Å²) < 4.78 is 18.7. The number of nitrogens with zero attached hydrogens (tertiary/aromatic N) is 1. The van der Waals surface area contributed by atoms with Gasteiger partial charge in [-0.25, -0.2) is 4.39 Å². The van der Waals surface area contributed by atoms with Crippen LogP contribution < -0.4 is 15.0 Å². The molecule has 6 heteroatoms. The third-order valence-electron chi connectivity index (χ3n) is 4.53. The summed E-state index contributed by atoms with van der Waals surface area (Å²) in [6.45, 7) is 4.18. The molecule has 0 radical (unpaired) electrons. The molecule has 0 spiro atoms. The lowest BCUT2D eigenvalue weighted by molar-refractivity contribution is -0.119. The molecular weight excluding hydrogens is 319 g/mol. The molecule has 2 unspecified atom stereocenters. The Hall–Kier alpha value is -1.33. The fourth-order valence-electron chi connectivity index (χ4n) is 2.95. The van der Waals surface area contributed by atoms with Gasteiger partial charge in [0.25, 0.3) is 0 Å². The van der Waals surface area contributed by atoms with Crippen molar-refractivity contribution in [1.29, 1.82) is 0 Å². The molecule has 1 fully saturated rings. The normalized spacial score (nSPS) is 18.7. The third kappa shape index (κ3) is 5.08. The number of hydrogen-bond acceptors (Lipinski definition) is 3. The summed E-state index contributed by atoms with van der Waals surface area (Å²) in [6.07, 6.45) is 2.82. The van der Waals surface area contributed by atoms with E-state index >= 15 is 0 Å². The number of anilines is 1. The lowest BCUT2D eigenvalue weighted by atomic mass is 9.85. The largest absolute Gasteiger partial charge is 0.494 e. The average Bonchev–Trinajstić information content (AvgIpc) is 2.54. The first-order valence-corrected chi connectivity index (χ1v) is 7.83. The van der Waals surface area contributed by atoms with E-state index in [2.05, 4.69) is 12.2 Å². The minimum absolute atomic E-state index is 0. The van der Waals surface area contributed by atoms with E-state index in [1.807, 2.05) is 0 Å². The second-order valence-corrected chi connectivity index (χ2v) is 6.06. The van der Waals surface area contributed by atoms with Gasteiger partial charge in [-0.1, -0.05) is 6.92 Å². The van der Waals surface area contributed by atoms with Crippen molar-refractivity contribution in [2.75, 3.05) is 32.1 Å². The van der Waals surface area contributed by atoms with Crippen LogP contribution in [0.5, 0.6) is 5.75 Å². The van der Waals surface area contributed by atoms with E-state index in [9.17, 15) is 9.18 Å². The topological polar surface area (TPSA) is 41.6 Å². The lowest BCUT2D eigenvalue weighted by Gasteiger charge is -2.29. The zero-order valence-corrected chi connectivity index (χ0v) is 14.8. The van der Waals surface area contributed by atoms with Crippen LogP contribution in [0.4, 0.5) is 10.1 Å². The number of piperidine rings is 1. The summed E-state index contributed by atoms with van der Waals surface area (Å²) in [4.78, 5) is 13.9. The SMILES string of the molecule is COc1ccc(N(C)C(=O)CC(C)C2CCCNC2)cc1F.Cl. The third-order valence-corrected chi connectivity index (χ3v) is 4.53. The fraction of sp³-hybridized carbons (Fsp3) is 0.588. The Balaban J connectivity index is 0.00000264. The van der Waals surface area contributed by atoms with E-state index in [1.54, 1.807) is 19.2 Å². The molecule has 1 heterocycles. The average molecular weight is 345 g/mol. The van der Waals surface area contributed by atoms with Crippen LogP contribution >= 0.6 is 12.4 Å². The van der Waals surface area contributed by atoms with E-state index in [0.717, 1.165) is 13.1 Å². The molecule has 1 amide bonds. The van der Waals surface area contributed by atoms with E-state index in [1.165, 1.54) is 30.9 Å². The van der Waals surface area contributed by atoms with Gasteiger partial charge in [-0.2, -0.15) is 0 Å². The zero-order chi connectivity index (χ0) is 16.1. The lowest BCUT2D eigenvalue weighted by Crippen LogP contribution is -2.36. The Morgan fingerprint density at radius 2 is 2.26 bits per heavy atom. The van der Waals surface area contributed by atoms with Crippen LogP contribution in [0.3, 0.4) is 0 Å². The van der Waals surface area contributed by atoms with Crippen LogP contribution in [0.15, 0.2) is 18.2 Å². The van der Waals surface area contributed by atoms with Crippen LogP contribution in [0.2, 0.25) is 0 Å². The van der Waals surface area contributed by atoms with Gasteiger partial charge in [0, 0.05) is 25.2 Å². The highest BCUT2D eigenvalue weighted by atomic mass is 35.5. The molecule has 2 atom stereocenters. The van der Waals surface area contributed by atoms with Crippen molar-refractivity contribution in [3.05, 3.63) is 24.0 Å². The maximum atomic E-state index is 13.8. The Morgan fingerprint density at radius 1 is 1.52 bits per heavy atom. The number of ether oxygens (including phenoxy) is 1. The highest BCUT2D eigenvalue weighted by molar-refractivity contribution is 5.93. The summed E-state index contributed by atoms with van der Waals surface area (Å²) in [5, 5.41) is 3.38. The van der Waals surface area contributed by atoms with Gasteiger partial charge >= 0.3 is 0 Å². The van der Waals surface area contributed by atoms with Crippen LogP contribution in [-0.2, 0) is 4.79 Å². The first kappa shape index (κ1) is 19.7. The molecule has 0 aromatic heterocycles. The molecule has 2 rings (SSSR count). The molecular formula is C17H26ClFN2O2. The molecule has 1 aliphatic rings. The highest BCUT2D eigenvalue weighted by Gasteiger charge is 2.24. The minimum Gasteiger partial charge on any atom is -0.494 e. The predicted octanol–water partition coefficient (Wildman–Crippen LogP) is 3.24. The maximum Gasteiger partial charge on any atom is 0.226 e. The number of methoxy groups -OCH3 is 1. The van der Waals surface area contributed by atoms with E-state index in [-0.39, 0.29) is 24.1 Å². The molecule has 130 valence electrons. The van der Waals surface area contributed by atoms with E-state index in [0.29, 0.717) is 23.9 Å². The molecule has 4 nitrogen and oxygen atoms in total. The zero-order valence-electron chi connectivity index (χ0n) is 14.0. The van der Waals surface area contributed by atoms with Gasteiger partial charge in [-0.3, -0.25) is 4.79 Å². The maximum absolute atomic E-state index is 13.8. The Morgan fingerprint density at radius 3 is 2.83 bits per heavy atom. The summed E-state index contributed by atoms with van der Waals surface area (Å²) in [5.74, 6) is 0.614. The molecule has 1 aromatic carbocycles. The fourth-order valence-corrected chi connectivity index (χ4v) is 2.95. The number of amides is 1. The van der Waals surface area contributed by atoms with Gasteiger partial charge < -0.3 is 15.0 Å². The summed E-state index contributed by atoms with van der Waals surface area (Å²) >= 11 is 0. The Labute approximate surface area is 143 Å². The van der Waals surface area contributed by atoms with Crippen molar-refractivity contribution in [3.63, 3.8) is 0 Å². The molecule has 0 saturated carbocycles. The monoisotopic (exact) mass is 344 g/mol. The van der Waals surface area contributed by atoms with E-state index < -0.39 is 5.82 Å². The van der Waals surface area contributed by atoms with E-state index in [4.69, 9.17) is 4.74 Å². The Bertz CT molecular complexity index is 521. The van der Waals surface area contributed by atoms with Gasteiger partial charge in [0.15, 0.2) is 11.6 Å². The molecule has 1 aliphatic heterocycles. The second kappa shape index (κ2) is 9.08. The summed E-state index contributed by atoms with van der Waals surface area (Å²) in [5.41, 5.74) is 0.553. The van der Waals surface area contributed by atoms with Crippen molar-refractivity contribution < 1.29 is 13.9 Å². The number of hydrogen-bond donors (Lipinski definition) is 1. The van der Waals surface area contributed by atoms with Crippen molar-refractivity contribution in [2.24, 2.45) is 11.8 Å². The number of nitrogens with one attached hydrogen (secondary N) is 1. The van der Waals surface area contributed by atoms with Crippen molar-refractivity contribution in [1.82, 2.24) is 5.32 Å². The standard InChI is InChI=1S/C17H25FN2O2.ClH/c1-12(13-5-4-8-19-11-13)9-17(21)20(2)14-6-7-16(22-3)15(18)10-14;/h6-7,10,12-13,19H,4-5,8-9,11H2,1-3H3;1H. The summed E-state index contributed by atoms with van der Waals surface area (Å²) in [6, 6.07) is 4.58. The molecule has 1 saturated heterocycles. The highest BCUT2D eigenvalue weighted by Crippen LogP contribution is 2.26. The van der Waals surface area contributed by atoms with Crippen LogP contribution in [0, 0.1) is 17.7 Å². The number of benzene rings is 1. The smallest absolute Gasteiger partial charge is 0.226 e. The minimum atomic E-state index is -0.454. The summed E-state index contributed by atoms with van der Waals surface area (Å²) in [7, 11) is 3.11. The number of halogens is 2. The quantitative estimate of drug-likeness (QED) is 0.891. The first-order valence-electron chi connectivity index (χ1n) is 7.83. The molecule has 1 aromatic rings. The van der Waals surface area contributed by atoms with Crippen molar-refractivity contribution in [3.8, 4) is 5.75 Å². The first-order chi connectivity index (χ1) is 10.5. The van der Waals surface area contributed by atoms with Crippen LogP contribution in [0.25, 0.3) is 0 Å². The van der Waals surface area contributed by atoms with Gasteiger partial charge in [0.1, 0.15) is 0 Å². The van der Waals surface area contributed by atoms with Gasteiger partial charge in [0.05, 0.1) is 7.11 Å². The molecule has 0 bridgehead atoms.